The summed E-state index contributed by atoms with van der Waals surface area (Å²) in [4.78, 5) is 40.7. The van der Waals surface area contributed by atoms with Crippen LogP contribution >= 0.6 is 31.9 Å². The molecule has 188 valence electrons. The third-order valence-electron chi connectivity index (χ3n) is 6.02. The number of fused-ring (bicyclic) bond motifs is 1. The molecular weight excluding hydrogens is 600 g/mol. The fourth-order valence-electron chi connectivity index (χ4n) is 4.21. The van der Waals surface area contributed by atoms with Crippen molar-refractivity contribution in [1.29, 1.82) is 0 Å². The lowest BCUT2D eigenvalue weighted by Gasteiger charge is -2.22. The molecule has 10 nitrogen and oxygen atoms in total. The number of carboxylic acids is 1. The first-order chi connectivity index (χ1) is 17.2. The van der Waals surface area contributed by atoms with Gasteiger partial charge in [-0.1, -0.05) is 51.1 Å². The maximum Gasteiger partial charge on any atom is 0.344 e. The van der Waals surface area contributed by atoms with Crippen molar-refractivity contribution in [1.82, 2.24) is 9.66 Å². The van der Waals surface area contributed by atoms with E-state index in [0.29, 0.717) is 21.2 Å². The topological polar surface area (TPSA) is 137 Å². The summed E-state index contributed by atoms with van der Waals surface area (Å²) in [6, 6.07) is 8.00. The van der Waals surface area contributed by atoms with Crippen LogP contribution in [0.15, 0.2) is 49.2 Å². The number of aliphatic carboxylic acids is 1. The minimum atomic E-state index is -1.35. The summed E-state index contributed by atoms with van der Waals surface area (Å²) in [6.45, 7) is 1.27. The second-order valence-corrected chi connectivity index (χ2v) is 10.4. The van der Waals surface area contributed by atoms with Crippen molar-refractivity contribution < 1.29 is 19.6 Å². The van der Waals surface area contributed by atoms with Gasteiger partial charge in [-0.15, -0.1) is 0 Å². The Morgan fingerprint density at radius 1 is 1.25 bits per heavy atom. The molecule has 0 radical (unpaired) electrons. The van der Waals surface area contributed by atoms with Crippen molar-refractivity contribution in [2.75, 3.05) is 0 Å². The van der Waals surface area contributed by atoms with E-state index in [-0.39, 0.29) is 22.8 Å². The van der Waals surface area contributed by atoms with E-state index in [1.165, 1.54) is 29.9 Å². The van der Waals surface area contributed by atoms with E-state index in [9.17, 15) is 24.8 Å². The molecule has 1 aliphatic rings. The molecule has 0 aliphatic heterocycles. The van der Waals surface area contributed by atoms with Gasteiger partial charge in [0.25, 0.3) is 5.56 Å². The standard InChI is InChI=1S/C24H22Br2N4O6/c1-13(24(32)33)36-21-15(9-17(26)11-20(21)30(34)35)12-27-29-22(14-5-3-2-4-6-14)28-19-8-7-16(25)10-18(19)23(29)31/h7-14H,2-6H2,1H3,(H,32,33)/t13-/m1/s1. The maximum atomic E-state index is 13.5. The minimum absolute atomic E-state index is 0.0382. The first-order valence-electron chi connectivity index (χ1n) is 11.3. The molecule has 1 heterocycles. The van der Waals surface area contributed by atoms with Crippen LogP contribution in [0.25, 0.3) is 10.9 Å². The zero-order valence-electron chi connectivity index (χ0n) is 19.2. The van der Waals surface area contributed by atoms with Crippen LogP contribution in [-0.4, -0.2) is 38.0 Å². The molecule has 1 fully saturated rings. The third kappa shape index (κ3) is 5.49. The molecule has 1 aliphatic carbocycles. The monoisotopic (exact) mass is 620 g/mol. The van der Waals surface area contributed by atoms with E-state index in [1.54, 1.807) is 12.1 Å². The average Bonchev–Trinajstić information content (AvgIpc) is 2.85. The van der Waals surface area contributed by atoms with Crippen molar-refractivity contribution in [2.45, 2.75) is 51.0 Å². The number of aromatic nitrogens is 2. The van der Waals surface area contributed by atoms with Crippen LogP contribution in [0.2, 0.25) is 0 Å². The van der Waals surface area contributed by atoms with Gasteiger partial charge in [-0.25, -0.2) is 9.78 Å². The van der Waals surface area contributed by atoms with Crippen molar-refractivity contribution in [2.24, 2.45) is 5.10 Å². The van der Waals surface area contributed by atoms with Crippen LogP contribution in [-0.2, 0) is 4.79 Å². The predicted molar refractivity (Wildman–Crippen MR) is 141 cm³/mol. The summed E-state index contributed by atoms with van der Waals surface area (Å²) in [5.41, 5.74) is -0.101. The maximum absolute atomic E-state index is 13.5. The number of nitro benzene ring substituents is 1. The molecule has 2 aromatic carbocycles. The number of halogens is 2. The van der Waals surface area contributed by atoms with Gasteiger partial charge in [-0.05, 0) is 44.0 Å². The van der Waals surface area contributed by atoms with Crippen molar-refractivity contribution >= 4 is 60.6 Å². The quantitative estimate of drug-likeness (QED) is 0.206. The lowest BCUT2D eigenvalue weighted by molar-refractivity contribution is -0.386. The summed E-state index contributed by atoms with van der Waals surface area (Å²) in [5, 5.41) is 25.7. The predicted octanol–water partition coefficient (Wildman–Crippen LogP) is 5.61. The molecule has 0 amide bonds. The Hall–Kier alpha value is -3.12. The Kier molecular flexibility index (Phi) is 7.84. The van der Waals surface area contributed by atoms with Crippen molar-refractivity contribution in [3.63, 3.8) is 0 Å². The number of rotatable bonds is 7. The molecule has 1 N–H and O–H groups in total. The fraction of sp³-hybridized carbons (Fsp3) is 0.333. The average molecular weight is 622 g/mol. The molecule has 3 aromatic rings. The van der Waals surface area contributed by atoms with E-state index < -0.39 is 22.7 Å². The van der Waals surface area contributed by atoms with Crippen LogP contribution in [0.5, 0.6) is 5.75 Å². The Morgan fingerprint density at radius 2 is 1.97 bits per heavy atom. The molecule has 36 heavy (non-hydrogen) atoms. The van der Waals surface area contributed by atoms with Gasteiger partial charge in [0.1, 0.15) is 5.82 Å². The highest BCUT2D eigenvalue weighted by atomic mass is 79.9. The first kappa shape index (κ1) is 26.0. The number of nitro groups is 1. The van der Waals surface area contributed by atoms with Gasteiger partial charge in [0.05, 0.1) is 22.0 Å². The van der Waals surface area contributed by atoms with Crippen LogP contribution in [0.3, 0.4) is 0 Å². The molecule has 0 unspecified atom stereocenters. The molecule has 1 atom stereocenters. The Labute approximate surface area is 222 Å². The van der Waals surface area contributed by atoms with E-state index in [1.807, 2.05) is 6.07 Å². The second kappa shape index (κ2) is 10.9. The lowest BCUT2D eigenvalue weighted by Crippen LogP contribution is -2.25. The number of benzene rings is 2. The summed E-state index contributed by atoms with van der Waals surface area (Å²) in [7, 11) is 0. The van der Waals surface area contributed by atoms with Gasteiger partial charge >= 0.3 is 11.7 Å². The van der Waals surface area contributed by atoms with Crippen molar-refractivity contribution in [3.8, 4) is 5.75 Å². The van der Waals surface area contributed by atoms with Gasteiger partial charge in [-0.3, -0.25) is 14.9 Å². The summed E-state index contributed by atoms with van der Waals surface area (Å²) in [5.74, 6) is -0.978. The molecule has 0 spiro atoms. The first-order valence-corrected chi connectivity index (χ1v) is 12.9. The highest BCUT2D eigenvalue weighted by molar-refractivity contribution is 9.10. The number of carbonyl (C=O) groups is 1. The third-order valence-corrected chi connectivity index (χ3v) is 6.97. The zero-order chi connectivity index (χ0) is 26.0. The van der Waals surface area contributed by atoms with Gasteiger partial charge in [-0.2, -0.15) is 9.78 Å². The normalized spacial score (nSPS) is 15.3. The summed E-state index contributed by atoms with van der Waals surface area (Å²) in [6.07, 6.45) is 4.82. The van der Waals surface area contributed by atoms with E-state index in [0.717, 1.165) is 36.6 Å². The highest BCUT2D eigenvalue weighted by Crippen LogP contribution is 2.35. The number of ether oxygens (including phenoxy) is 1. The molecule has 12 heteroatoms. The number of carboxylic acid groups (broad SMARTS) is 1. The summed E-state index contributed by atoms with van der Waals surface area (Å²) >= 11 is 6.63. The van der Waals surface area contributed by atoms with E-state index in [4.69, 9.17) is 9.72 Å². The molecular formula is C24H22Br2N4O6. The summed E-state index contributed by atoms with van der Waals surface area (Å²) < 4.78 is 7.77. The smallest absolute Gasteiger partial charge is 0.344 e. The van der Waals surface area contributed by atoms with E-state index in [2.05, 4.69) is 37.0 Å². The molecule has 0 saturated heterocycles. The second-order valence-electron chi connectivity index (χ2n) is 8.53. The van der Waals surface area contributed by atoms with Crippen LogP contribution in [0, 0.1) is 10.1 Å². The Bertz CT molecular complexity index is 1430. The SMILES string of the molecule is C[C@@H](Oc1c(C=Nn2c(C3CCCCC3)nc3ccc(Br)cc3c2=O)cc(Br)cc1[N+](=O)[O-])C(=O)O. The molecule has 4 rings (SSSR count). The number of hydrogen-bond acceptors (Lipinski definition) is 7. The van der Waals surface area contributed by atoms with Crippen LogP contribution in [0.1, 0.15) is 56.3 Å². The van der Waals surface area contributed by atoms with Gasteiger partial charge in [0, 0.05) is 26.5 Å². The molecule has 1 aromatic heterocycles. The fourth-order valence-corrected chi connectivity index (χ4v) is 5.03. The Morgan fingerprint density at radius 3 is 2.64 bits per heavy atom. The van der Waals surface area contributed by atoms with Gasteiger partial charge in [0.15, 0.2) is 6.10 Å². The van der Waals surface area contributed by atoms with Crippen LogP contribution < -0.4 is 10.3 Å². The van der Waals surface area contributed by atoms with Crippen molar-refractivity contribution in [3.05, 3.63) is 71.1 Å². The largest absolute Gasteiger partial charge is 0.479 e. The number of hydrogen-bond donors (Lipinski definition) is 1. The molecule has 0 bridgehead atoms. The van der Waals surface area contributed by atoms with E-state index >= 15 is 0 Å². The van der Waals surface area contributed by atoms with Gasteiger partial charge in [0.2, 0.25) is 5.75 Å². The zero-order valence-corrected chi connectivity index (χ0v) is 22.4. The minimum Gasteiger partial charge on any atom is -0.479 e. The lowest BCUT2D eigenvalue weighted by atomic mass is 9.88. The van der Waals surface area contributed by atoms with Crippen LogP contribution in [0.4, 0.5) is 5.69 Å². The van der Waals surface area contributed by atoms with Gasteiger partial charge < -0.3 is 9.84 Å². The molecule has 1 saturated carbocycles. The highest BCUT2D eigenvalue weighted by Gasteiger charge is 2.26. The Balaban J connectivity index is 1.90. The number of nitrogens with zero attached hydrogens (tertiary/aromatic N) is 4.